The Morgan fingerprint density at radius 1 is 1.27 bits per heavy atom. The summed E-state index contributed by atoms with van der Waals surface area (Å²) in [6, 6.07) is 7.99. The number of hydrogen-bond acceptors (Lipinski definition) is 2. The number of anilines is 1. The number of carbonyl (C=O) groups is 1. The van der Waals surface area contributed by atoms with E-state index in [4.69, 9.17) is 0 Å². The van der Waals surface area contributed by atoms with Crippen LogP contribution in [0, 0.1) is 13.8 Å². The summed E-state index contributed by atoms with van der Waals surface area (Å²) in [5.74, 6) is -0.0844. The van der Waals surface area contributed by atoms with E-state index in [2.05, 4.69) is 33.9 Å². The number of H-pyrrole nitrogens is 1. The SMILES string of the molecule is Cc1cc(C(=O)Nc2ccc3cn[nH]c3c2)c(C)n1C(C)C. The highest BCUT2D eigenvalue weighted by atomic mass is 16.1. The maximum absolute atomic E-state index is 12.5. The maximum Gasteiger partial charge on any atom is 0.257 e. The number of benzene rings is 1. The van der Waals surface area contributed by atoms with Crippen LogP contribution in [0.1, 0.15) is 41.6 Å². The van der Waals surface area contributed by atoms with Gasteiger partial charge in [-0.05, 0) is 52.0 Å². The largest absolute Gasteiger partial charge is 0.346 e. The zero-order chi connectivity index (χ0) is 15.9. The molecule has 3 aromatic rings. The molecule has 114 valence electrons. The minimum absolute atomic E-state index is 0.0844. The Morgan fingerprint density at radius 2 is 2.05 bits per heavy atom. The van der Waals surface area contributed by atoms with E-state index in [-0.39, 0.29) is 5.91 Å². The Morgan fingerprint density at radius 3 is 2.73 bits per heavy atom. The predicted molar refractivity (Wildman–Crippen MR) is 88.3 cm³/mol. The van der Waals surface area contributed by atoms with Crippen LogP contribution in [0.5, 0.6) is 0 Å². The van der Waals surface area contributed by atoms with Crippen molar-refractivity contribution in [3.8, 4) is 0 Å². The molecule has 2 N–H and O–H groups in total. The van der Waals surface area contributed by atoms with Gasteiger partial charge in [0.25, 0.3) is 5.91 Å². The lowest BCUT2D eigenvalue weighted by Crippen LogP contribution is -2.13. The smallest absolute Gasteiger partial charge is 0.257 e. The van der Waals surface area contributed by atoms with Crippen LogP contribution in [0.25, 0.3) is 10.9 Å². The summed E-state index contributed by atoms with van der Waals surface area (Å²) in [6.45, 7) is 8.25. The van der Waals surface area contributed by atoms with Crippen molar-refractivity contribution in [1.82, 2.24) is 14.8 Å². The van der Waals surface area contributed by atoms with Crippen molar-refractivity contribution < 1.29 is 4.79 Å². The van der Waals surface area contributed by atoms with Crippen molar-refractivity contribution in [2.45, 2.75) is 33.7 Å². The Hall–Kier alpha value is -2.56. The second kappa shape index (κ2) is 5.33. The van der Waals surface area contributed by atoms with Gasteiger partial charge >= 0.3 is 0 Å². The number of aromatic amines is 1. The average molecular weight is 296 g/mol. The molecule has 22 heavy (non-hydrogen) atoms. The highest BCUT2D eigenvalue weighted by Gasteiger charge is 2.17. The first-order chi connectivity index (χ1) is 10.5. The van der Waals surface area contributed by atoms with Gasteiger partial charge in [0, 0.05) is 28.5 Å². The fourth-order valence-corrected chi connectivity index (χ4v) is 3.01. The second-order valence-electron chi connectivity index (χ2n) is 5.87. The third-order valence-corrected chi connectivity index (χ3v) is 3.95. The van der Waals surface area contributed by atoms with E-state index in [1.54, 1.807) is 6.20 Å². The third kappa shape index (κ3) is 2.39. The van der Waals surface area contributed by atoms with Crippen LogP contribution in [0.15, 0.2) is 30.5 Å². The molecule has 0 fully saturated rings. The van der Waals surface area contributed by atoms with Gasteiger partial charge in [-0.1, -0.05) is 0 Å². The fourth-order valence-electron chi connectivity index (χ4n) is 3.01. The average Bonchev–Trinajstić information content (AvgIpc) is 3.02. The number of amides is 1. The van der Waals surface area contributed by atoms with E-state index in [9.17, 15) is 4.79 Å². The maximum atomic E-state index is 12.5. The molecular formula is C17H20N4O. The van der Waals surface area contributed by atoms with E-state index in [1.165, 1.54) is 0 Å². The topological polar surface area (TPSA) is 62.7 Å². The molecule has 2 aromatic heterocycles. The monoisotopic (exact) mass is 296 g/mol. The molecule has 5 heteroatoms. The number of nitrogens with one attached hydrogen (secondary N) is 2. The molecule has 0 saturated carbocycles. The number of rotatable bonds is 3. The number of hydrogen-bond donors (Lipinski definition) is 2. The van der Waals surface area contributed by atoms with Crippen molar-refractivity contribution in [3.63, 3.8) is 0 Å². The molecule has 0 aliphatic rings. The molecule has 0 aliphatic heterocycles. The molecule has 0 aliphatic carbocycles. The summed E-state index contributed by atoms with van der Waals surface area (Å²) in [7, 11) is 0. The number of carbonyl (C=O) groups excluding carboxylic acids is 1. The Labute approximate surface area is 129 Å². The minimum Gasteiger partial charge on any atom is -0.346 e. The van der Waals surface area contributed by atoms with Crippen LogP contribution in [-0.4, -0.2) is 20.7 Å². The van der Waals surface area contributed by atoms with Crippen molar-refractivity contribution in [2.75, 3.05) is 5.32 Å². The summed E-state index contributed by atoms with van der Waals surface area (Å²) >= 11 is 0. The molecule has 0 bridgehead atoms. The van der Waals surface area contributed by atoms with E-state index in [1.807, 2.05) is 38.1 Å². The summed E-state index contributed by atoms with van der Waals surface area (Å²) in [5.41, 5.74) is 4.48. The lowest BCUT2D eigenvalue weighted by molar-refractivity contribution is 0.102. The van der Waals surface area contributed by atoms with Crippen LogP contribution in [0.3, 0.4) is 0 Å². The van der Waals surface area contributed by atoms with Gasteiger partial charge in [-0.3, -0.25) is 9.89 Å². The normalized spacial score (nSPS) is 11.3. The van der Waals surface area contributed by atoms with Gasteiger partial charge in [-0.2, -0.15) is 5.10 Å². The third-order valence-electron chi connectivity index (χ3n) is 3.95. The van der Waals surface area contributed by atoms with Crippen molar-refractivity contribution >= 4 is 22.5 Å². The first-order valence-corrected chi connectivity index (χ1v) is 7.40. The highest BCUT2D eigenvalue weighted by molar-refractivity contribution is 6.06. The number of fused-ring (bicyclic) bond motifs is 1. The molecule has 0 saturated heterocycles. The van der Waals surface area contributed by atoms with Gasteiger partial charge in [0.05, 0.1) is 17.3 Å². The summed E-state index contributed by atoms with van der Waals surface area (Å²) < 4.78 is 2.17. The summed E-state index contributed by atoms with van der Waals surface area (Å²) in [4.78, 5) is 12.5. The van der Waals surface area contributed by atoms with Gasteiger partial charge in [0.15, 0.2) is 0 Å². The molecule has 2 heterocycles. The number of aromatic nitrogens is 3. The molecule has 0 unspecified atom stereocenters. The quantitative estimate of drug-likeness (QED) is 0.772. The second-order valence-corrected chi connectivity index (χ2v) is 5.87. The van der Waals surface area contributed by atoms with Crippen LogP contribution in [0.4, 0.5) is 5.69 Å². The molecule has 3 rings (SSSR count). The molecular weight excluding hydrogens is 276 g/mol. The zero-order valence-corrected chi connectivity index (χ0v) is 13.3. The van der Waals surface area contributed by atoms with Crippen molar-refractivity contribution in [3.05, 3.63) is 47.4 Å². The first kappa shape index (κ1) is 14.4. The lowest BCUT2D eigenvalue weighted by atomic mass is 10.2. The van der Waals surface area contributed by atoms with Gasteiger partial charge in [0.2, 0.25) is 0 Å². The summed E-state index contributed by atoms with van der Waals surface area (Å²) in [5, 5.41) is 10.9. The van der Waals surface area contributed by atoms with Crippen LogP contribution in [0.2, 0.25) is 0 Å². The molecule has 1 amide bonds. The van der Waals surface area contributed by atoms with Crippen LogP contribution in [-0.2, 0) is 0 Å². The molecule has 0 radical (unpaired) electrons. The predicted octanol–water partition coefficient (Wildman–Crippen LogP) is 3.81. The molecule has 0 spiro atoms. The van der Waals surface area contributed by atoms with E-state index in [0.29, 0.717) is 6.04 Å². The first-order valence-electron chi connectivity index (χ1n) is 7.40. The van der Waals surface area contributed by atoms with Crippen LogP contribution >= 0.6 is 0 Å². The van der Waals surface area contributed by atoms with Crippen molar-refractivity contribution in [2.24, 2.45) is 0 Å². The Bertz CT molecular complexity index is 842. The Kier molecular flexibility index (Phi) is 3.48. The standard InChI is InChI=1S/C17H20N4O/c1-10(2)21-11(3)7-15(12(21)4)17(22)19-14-6-5-13-9-18-20-16(13)8-14/h5-10H,1-4H3,(H,18,20)(H,19,22). The highest BCUT2D eigenvalue weighted by Crippen LogP contribution is 2.22. The number of aryl methyl sites for hydroxylation is 1. The lowest BCUT2D eigenvalue weighted by Gasteiger charge is -2.13. The van der Waals surface area contributed by atoms with Gasteiger partial charge in [0.1, 0.15) is 0 Å². The van der Waals surface area contributed by atoms with E-state index >= 15 is 0 Å². The Balaban J connectivity index is 1.89. The number of nitrogens with zero attached hydrogens (tertiary/aromatic N) is 2. The minimum atomic E-state index is -0.0844. The zero-order valence-electron chi connectivity index (χ0n) is 13.3. The van der Waals surface area contributed by atoms with Crippen molar-refractivity contribution in [1.29, 1.82) is 0 Å². The van der Waals surface area contributed by atoms with E-state index < -0.39 is 0 Å². The molecule has 5 nitrogen and oxygen atoms in total. The molecule has 0 atom stereocenters. The van der Waals surface area contributed by atoms with Gasteiger partial charge < -0.3 is 9.88 Å². The van der Waals surface area contributed by atoms with Gasteiger partial charge in [-0.25, -0.2) is 0 Å². The summed E-state index contributed by atoms with van der Waals surface area (Å²) in [6.07, 6.45) is 1.76. The fraction of sp³-hybridized carbons (Fsp3) is 0.294. The van der Waals surface area contributed by atoms with Crippen LogP contribution < -0.4 is 5.32 Å². The molecule has 1 aromatic carbocycles. The van der Waals surface area contributed by atoms with E-state index in [0.717, 1.165) is 33.5 Å². The van der Waals surface area contributed by atoms with Gasteiger partial charge in [-0.15, -0.1) is 0 Å².